The number of nitrogens with one attached hydrogen (secondary N) is 1. The van der Waals surface area contributed by atoms with Gasteiger partial charge in [0.1, 0.15) is 23.3 Å². The first-order chi connectivity index (χ1) is 15.1. The van der Waals surface area contributed by atoms with Gasteiger partial charge in [0.2, 0.25) is 0 Å². The molecule has 0 aromatic heterocycles. The van der Waals surface area contributed by atoms with E-state index in [1.54, 1.807) is 0 Å². The van der Waals surface area contributed by atoms with Crippen LogP contribution in [0.1, 0.15) is 23.1 Å². The lowest BCUT2D eigenvalue weighted by molar-refractivity contribution is -0.176. The molecule has 1 aliphatic rings. The molecule has 3 nitrogen and oxygen atoms in total. The van der Waals surface area contributed by atoms with Crippen LogP contribution in [0.5, 0.6) is 0 Å². The molecule has 0 amide bonds. The Kier molecular flexibility index (Phi) is 6.98. The van der Waals surface area contributed by atoms with Crippen LogP contribution in [0.2, 0.25) is 5.02 Å². The normalized spacial score (nSPS) is 21.2. The van der Waals surface area contributed by atoms with Crippen LogP contribution in [0.25, 0.3) is 0 Å². The van der Waals surface area contributed by atoms with Crippen molar-refractivity contribution < 1.29 is 18.3 Å². The zero-order valence-corrected chi connectivity index (χ0v) is 17.7. The molecule has 4 rings (SSSR count). The van der Waals surface area contributed by atoms with Gasteiger partial charge in [-0.2, -0.15) is 0 Å². The van der Waals surface area contributed by atoms with Crippen molar-refractivity contribution in [1.82, 2.24) is 5.32 Å². The molecule has 1 saturated heterocycles. The SMILES string of the molecule is Fc1ccc(CO[C@H]2CNCC[C@]2(OCc2ccccc2)c2ccc(Cl)cc2)c(F)c1. The predicted octanol–water partition coefficient (Wildman–Crippen LogP) is 5.61. The Morgan fingerprint density at radius 3 is 2.48 bits per heavy atom. The molecule has 0 aliphatic carbocycles. The molecule has 162 valence electrons. The Morgan fingerprint density at radius 2 is 1.74 bits per heavy atom. The predicted molar refractivity (Wildman–Crippen MR) is 117 cm³/mol. The molecule has 31 heavy (non-hydrogen) atoms. The highest BCUT2D eigenvalue weighted by atomic mass is 35.5. The van der Waals surface area contributed by atoms with Crippen LogP contribution in [-0.4, -0.2) is 19.2 Å². The molecule has 0 unspecified atom stereocenters. The Morgan fingerprint density at radius 1 is 0.968 bits per heavy atom. The maximum absolute atomic E-state index is 14.2. The second-order valence-corrected chi connectivity index (χ2v) is 8.10. The summed E-state index contributed by atoms with van der Waals surface area (Å²) in [4.78, 5) is 0. The standard InChI is InChI=1S/C25H24ClF2NO2/c26-21-9-7-20(8-10-21)25(31-16-18-4-2-1-3-5-18)12-13-29-15-24(25)30-17-19-6-11-22(27)14-23(19)28/h1-11,14,24,29H,12-13,15-17H2/t24-,25-/m0/s1. The maximum Gasteiger partial charge on any atom is 0.131 e. The van der Waals surface area contributed by atoms with Gasteiger partial charge in [-0.15, -0.1) is 0 Å². The van der Waals surface area contributed by atoms with E-state index >= 15 is 0 Å². The Hall–Kier alpha value is -2.31. The summed E-state index contributed by atoms with van der Waals surface area (Å²) in [6, 6.07) is 21.0. The van der Waals surface area contributed by atoms with E-state index in [4.69, 9.17) is 21.1 Å². The fourth-order valence-corrected chi connectivity index (χ4v) is 4.08. The topological polar surface area (TPSA) is 30.5 Å². The molecule has 3 aromatic carbocycles. The first-order valence-electron chi connectivity index (χ1n) is 10.3. The van der Waals surface area contributed by atoms with Crippen molar-refractivity contribution in [2.24, 2.45) is 0 Å². The van der Waals surface area contributed by atoms with Crippen LogP contribution in [0, 0.1) is 11.6 Å². The van der Waals surface area contributed by atoms with Crippen LogP contribution in [-0.2, 0) is 28.3 Å². The summed E-state index contributed by atoms with van der Waals surface area (Å²) in [5.74, 6) is -1.23. The molecule has 3 aromatic rings. The first-order valence-corrected chi connectivity index (χ1v) is 10.6. The number of halogens is 3. The molecule has 0 saturated carbocycles. The van der Waals surface area contributed by atoms with Crippen molar-refractivity contribution in [3.05, 3.63) is 106 Å². The summed E-state index contributed by atoms with van der Waals surface area (Å²) < 4.78 is 40.2. The fourth-order valence-electron chi connectivity index (χ4n) is 3.95. The quantitative estimate of drug-likeness (QED) is 0.515. The van der Waals surface area contributed by atoms with Crippen molar-refractivity contribution in [3.8, 4) is 0 Å². The van der Waals surface area contributed by atoms with Gasteiger partial charge in [0.05, 0.1) is 13.2 Å². The minimum absolute atomic E-state index is 0.0164. The van der Waals surface area contributed by atoms with Gasteiger partial charge in [0.15, 0.2) is 0 Å². The number of benzene rings is 3. The second-order valence-electron chi connectivity index (χ2n) is 7.66. The zero-order chi connectivity index (χ0) is 21.7. The maximum atomic E-state index is 14.2. The van der Waals surface area contributed by atoms with Gasteiger partial charge in [-0.1, -0.05) is 60.1 Å². The molecule has 1 fully saturated rings. The summed E-state index contributed by atoms with van der Waals surface area (Å²) in [6.45, 7) is 1.72. The number of hydrogen-bond acceptors (Lipinski definition) is 3. The summed E-state index contributed by atoms with van der Waals surface area (Å²) in [5, 5.41) is 3.98. The van der Waals surface area contributed by atoms with E-state index in [-0.39, 0.29) is 12.7 Å². The molecular weight excluding hydrogens is 420 g/mol. The third kappa shape index (κ3) is 5.13. The summed E-state index contributed by atoms with van der Waals surface area (Å²) >= 11 is 6.12. The number of ether oxygens (including phenoxy) is 2. The second kappa shape index (κ2) is 9.88. The van der Waals surface area contributed by atoms with E-state index in [1.807, 2.05) is 54.6 Å². The Labute approximate surface area is 186 Å². The Balaban J connectivity index is 1.61. The highest BCUT2D eigenvalue weighted by Gasteiger charge is 2.44. The smallest absolute Gasteiger partial charge is 0.131 e. The highest BCUT2D eigenvalue weighted by molar-refractivity contribution is 6.30. The van der Waals surface area contributed by atoms with Gasteiger partial charge < -0.3 is 14.8 Å². The van der Waals surface area contributed by atoms with Gasteiger partial charge >= 0.3 is 0 Å². The molecule has 1 N–H and O–H groups in total. The van der Waals surface area contributed by atoms with Crippen LogP contribution < -0.4 is 5.32 Å². The van der Waals surface area contributed by atoms with Crippen LogP contribution in [0.15, 0.2) is 72.8 Å². The van der Waals surface area contributed by atoms with Crippen LogP contribution in [0.3, 0.4) is 0 Å². The van der Waals surface area contributed by atoms with Crippen LogP contribution in [0.4, 0.5) is 8.78 Å². The average Bonchev–Trinajstić information content (AvgIpc) is 2.79. The number of hydrogen-bond donors (Lipinski definition) is 1. The Bertz CT molecular complexity index is 1000. The van der Waals surface area contributed by atoms with Gasteiger partial charge in [0.25, 0.3) is 0 Å². The van der Waals surface area contributed by atoms with Crippen molar-refractivity contribution in [1.29, 1.82) is 0 Å². The third-order valence-corrected chi connectivity index (χ3v) is 5.90. The minimum atomic E-state index is -0.734. The molecule has 0 bridgehead atoms. The van der Waals surface area contributed by atoms with Gasteiger partial charge in [-0.05, 0) is 42.3 Å². The van der Waals surface area contributed by atoms with Crippen molar-refractivity contribution in [2.45, 2.75) is 31.3 Å². The third-order valence-electron chi connectivity index (χ3n) is 5.65. The molecule has 0 spiro atoms. The lowest BCUT2D eigenvalue weighted by Crippen LogP contribution is -2.54. The molecule has 0 radical (unpaired) electrons. The van der Waals surface area contributed by atoms with E-state index in [1.165, 1.54) is 12.1 Å². The van der Waals surface area contributed by atoms with Gasteiger partial charge in [-0.25, -0.2) is 8.78 Å². The number of rotatable bonds is 7. The fraction of sp³-hybridized carbons (Fsp3) is 0.280. The van der Waals surface area contributed by atoms with E-state index in [0.717, 1.165) is 23.7 Å². The molecule has 2 atom stereocenters. The molecule has 6 heteroatoms. The van der Waals surface area contributed by atoms with E-state index in [2.05, 4.69) is 5.32 Å². The largest absolute Gasteiger partial charge is 0.369 e. The van der Waals surface area contributed by atoms with Crippen molar-refractivity contribution in [2.75, 3.05) is 13.1 Å². The van der Waals surface area contributed by atoms with E-state index < -0.39 is 17.2 Å². The summed E-state index contributed by atoms with van der Waals surface area (Å²) in [6.07, 6.45) is 0.300. The summed E-state index contributed by atoms with van der Waals surface area (Å²) in [5.41, 5.74) is 1.58. The van der Waals surface area contributed by atoms with E-state index in [9.17, 15) is 8.78 Å². The average molecular weight is 444 g/mol. The monoisotopic (exact) mass is 443 g/mol. The minimum Gasteiger partial charge on any atom is -0.369 e. The van der Waals surface area contributed by atoms with Gasteiger partial charge in [-0.3, -0.25) is 0 Å². The van der Waals surface area contributed by atoms with Crippen molar-refractivity contribution >= 4 is 11.6 Å². The molecule has 1 heterocycles. The van der Waals surface area contributed by atoms with Gasteiger partial charge in [0, 0.05) is 23.2 Å². The first kappa shape index (κ1) is 21.9. The van der Waals surface area contributed by atoms with Crippen LogP contribution >= 0.6 is 11.6 Å². The number of piperidine rings is 1. The van der Waals surface area contributed by atoms with E-state index in [0.29, 0.717) is 30.2 Å². The molecular formula is C25H24ClF2NO2. The lowest BCUT2D eigenvalue weighted by atomic mass is 9.82. The zero-order valence-electron chi connectivity index (χ0n) is 17.0. The highest BCUT2D eigenvalue weighted by Crippen LogP contribution is 2.38. The van der Waals surface area contributed by atoms with Crippen molar-refractivity contribution in [3.63, 3.8) is 0 Å². The lowest BCUT2D eigenvalue weighted by Gasteiger charge is -2.44. The summed E-state index contributed by atoms with van der Waals surface area (Å²) in [7, 11) is 0. The molecule has 1 aliphatic heterocycles.